The number of nitrogens with zero attached hydrogens (tertiary/aromatic N) is 3. The highest BCUT2D eigenvalue weighted by atomic mass is 15.2. The molecule has 0 saturated heterocycles. The maximum absolute atomic E-state index is 4.36. The number of aromatic nitrogens is 2. The van der Waals surface area contributed by atoms with Crippen LogP contribution >= 0.6 is 0 Å². The Morgan fingerprint density at radius 1 is 1.10 bits per heavy atom. The number of rotatable bonds is 7. The van der Waals surface area contributed by atoms with Crippen LogP contribution in [0.5, 0.6) is 0 Å². The molecule has 0 atom stereocenters. The molecule has 0 aliphatic heterocycles. The first-order valence-electron chi connectivity index (χ1n) is 7.67. The van der Waals surface area contributed by atoms with E-state index in [1.54, 1.807) is 0 Å². The number of benzene rings is 1. The summed E-state index contributed by atoms with van der Waals surface area (Å²) in [5.74, 6) is 0. The van der Waals surface area contributed by atoms with Crippen LogP contribution in [-0.2, 0) is 20.1 Å². The van der Waals surface area contributed by atoms with E-state index in [9.17, 15) is 0 Å². The number of hydrogen-bond acceptors (Lipinski definition) is 3. The van der Waals surface area contributed by atoms with Gasteiger partial charge in [0, 0.05) is 50.7 Å². The van der Waals surface area contributed by atoms with Crippen molar-refractivity contribution in [2.75, 3.05) is 18.0 Å². The van der Waals surface area contributed by atoms with Crippen molar-refractivity contribution in [1.29, 1.82) is 0 Å². The fraction of sp³-hybridized carbons (Fsp3) is 0.471. The highest BCUT2D eigenvalue weighted by Crippen LogP contribution is 2.15. The van der Waals surface area contributed by atoms with E-state index in [4.69, 9.17) is 0 Å². The lowest BCUT2D eigenvalue weighted by Gasteiger charge is -2.21. The maximum atomic E-state index is 4.36. The van der Waals surface area contributed by atoms with Crippen LogP contribution in [0.4, 0.5) is 5.69 Å². The van der Waals surface area contributed by atoms with Gasteiger partial charge in [0.25, 0.3) is 0 Å². The van der Waals surface area contributed by atoms with Gasteiger partial charge in [-0.15, -0.1) is 0 Å². The monoisotopic (exact) mass is 286 g/mol. The van der Waals surface area contributed by atoms with Crippen LogP contribution < -0.4 is 10.2 Å². The van der Waals surface area contributed by atoms with Gasteiger partial charge in [0.05, 0.1) is 5.69 Å². The second-order valence-corrected chi connectivity index (χ2v) is 5.36. The smallest absolute Gasteiger partial charge is 0.0638 e. The zero-order chi connectivity index (χ0) is 15.2. The Morgan fingerprint density at radius 2 is 1.76 bits per heavy atom. The highest BCUT2D eigenvalue weighted by Gasteiger charge is 2.03. The van der Waals surface area contributed by atoms with Gasteiger partial charge in [0.2, 0.25) is 0 Å². The third-order valence-corrected chi connectivity index (χ3v) is 3.82. The first kappa shape index (κ1) is 15.6. The molecule has 1 heterocycles. The lowest BCUT2D eigenvalue weighted by molar-refractivity contribution is 0.690. The molecule has 0 radical (unpaired) electrons. The van der Waals surface area contributed by atoms with E-state index in [-0.39, 0.29) is 0 Å². The number of anilines is 1. The van der Waals surface area contributed by atoms with Crippen molar-refractivity contribution in [3.05, 3.63) is 47.3 Å². The molecule has 4 nitrogen and oxygen atoms in total. The van der Waals surface area contributed by atoms with E-state index in [2.05, 4.69) is 66.5 Å². The standard InChI is InChI=1S/C17H26N4/c1-5-21(6-2)17-9-7-15(8-10-17)11-18-12-16-13-20(4)19-14(16)3/h7-10,13,18H,5-6,11-12H2,1-4H3. The topological polar surface area (TPSA) is 33.1 Å². The summed E-state index contributed by atoms with van der Waals surface area (Å²) in [4.78, 5) is 2.36. The minimum atomic E-state index is 0.859. The molecule has 0 unspecified atom stereocenters. The maximum Gasteiger partial charge on any atom is 0.0638 e. The Kier molecular flexibility index (Phi) is 5.39. The molecule has 0 aliphatic rings. The molecule has 0 bridgehead atoms. The fourth-order valence-electron chi connectivity index (χ4n) is 2.58. The van der Waals surface area contributed by atoms with E-state index in [1.807, 2.05) is 11.7 Å². The molecule has 21 heavy (non-hydrogen) atoms. The Morgan fingerprint density at radius 3 is 2.29 bits per heavy atom. The van der Waals surface area contributed by atoms with Gasteiger partial charge in [-0.1, -0.05) is 12.1 Å². The van der Waals surface area contributed by atoms with Crippen LogP contribution in [0.15, 0.2) is 30.5 Å². The zero-order valence-corrected chi connectivity index (χ0v) is 13.6. The molecule has 1 aromatic carbocycles. The van der Waals surface area contributed by atoms with Crippen LogP contribution in [0.1, 0.15) is 30.7 Å². The first-order valence-corrected chi connectivity index (χ1v) is 7.67. The Balaban J connectivity index is 1.87. The number of aryl methyl sites for hydroxylation is 2. The van der Waals surface area contributed by atoms with Crippen molar-refractivity contribution in [2.45, 2.75) is 33.9 Å². The Bertz CT molecular complexity index is 553. The minimum Gasteiger partial charge on any atom is -0.372 e. The second kappa shape index (κ2) is 7.27. The average Bonchev–Trinajstić information content (AvgIpc) is 2.80. The normalized spacial score (nSPS) is 10.9. The summed E-state index contributed by atoms with van der Waals surface area (Å²) in [6, 6.07) is 8.83. The third kappa shape index (κ3) is 4.08. The molecule has 0 amide bonds. The molecule has 0 fully saturated rings. The van der Waals surface area contributed by atoms with Gasteiger partial charge in [-0.05, 0) is 38.5 Å². The predicted molar refractivity (Wildman–Crippen MR) is 88.5 cm³/mol. The lowest BCUT2D eigenvalue weighted by atomic mass is 10.2. The second-order valence-electron chi connectivity index (χ2n) is 5.36. The molecule has 114 valence electrons. The molecule has 0 aliphatic carbocycles. The van der Waals surface area contributed by atoms with Crippen LogP contribution in [0.3, 0.4) is 0 Å². The van der Waals surface area contributed by atoms with E-state index in [0.717, 1.165) is 31.9 Å². The fourth-order valence-corrected chi connectivity index (χ4v) is 2.58. The van der Waals surface area contributed by atoms with Gasteiger partial charge in [-0.25, -0.2) is 0 Å². The minimum absolute atomic E-state index is 0.859. The zero-order valence-electron chi connectivity index (χ0n) is 13.6. The molecule has 1 N–H and O–H groups in total. The van der Waals surface area contributed by atoms with Crippen molar-refractivity contribution in [1.82, 2.24) is 15.1 Å². The molecule has 0 spiro atoms. The molecule has 2 rings (SSSR count). The summed E-state index contributed by atoms with van der Waals surface area (Å²) < 4.78 is 1.87. The van der Waals surface area contributed by atoms with Crippen molar-refractivity contribution in [2.24, 2.45) is 7.05 Å². The van der Waals surface area contributed by atoms with Crippen LogP contribution in [-0.4, -0.2) is 22.9 Å². The van der Waals surface area contributed by atoms with Crippen molar-refractivity contribution in [3.8, 4) is 0 Å². The van der Waals surface area contributed by atoms with E-state index in [1.165, 1.54) is 16.8 Å². The summed E-state index contributed by atoms with van der Waals surface area (Å²) in [5.41, 5.74) is 4.97. The molecule has 1 aromatic heterocycles. The van der Waals surface area contributed by atoms with Gasteiger partial charge in [-0.3, -0.25) is 4.68 Å². The van der Waals surface area contributed by atoms with Gasteiger partial charge in [0.1, 0.15) is 0 Å². The molecular weight excluding hydrogens is 260 g/mol. The van der Waals surface area contributed by atoms with Gasteiger partial charge in [-0.2, -0.15) is 5.10 Å². The summed E-state index contributed by atoms with van der Waals surface area (Å²) in [5, 5.41) is 7.84. The summed E-state index contributed by atoms with van der Waals surface area (Å²) in [7, 11) is 1.96. The summed E-state index contributed by atoms with van der Waals surface area (Å²) in [6.45, 7) is 10.3. The average molecular weight is 286 g/mol. The van der Waals surface area contributed by atoms with Gasteiger partial charge >= 0.3 is 0 Å². The number of hydrogen-bond donors (Lipinski definition) is 1. The SMILES string of the molecule is CCN(CC)c1ccc(CNCc2cn(C)nc2C)cc1. The summed E-state index contributed by atoms with van der Waals surface area (Å²) in [6.07, 6.45) is 2.08. The number of nitrogens with one attached hydrogen (secondary N) is 1. The molecule has 0 saturated carbocycles. The highest BCUT2D eigenvalue weighted by molar-refractivity contribution is 5.47. The van der Waals surface area contributed by atoms with Crippen molar-refractivity contribution >= 4 is 5.69 Å². The quantitative estimate of drug-likeness (QED) is 0.849. The van der Waals surface area contributed by atoms with Gasteiger partial charge < -0.3 is 10.2 Å². The van der Waals surface area contributed by atoms with Crippen LogP contribution in [0, 0.1) is 6.92 Å². The first-order chi connectivity index (χ1) is 10.1. The lowest BCUT2D eigenvalue weighted by Crippen LogP contribution is -2.21. The van der Waals surface area contributed by atoms with Gasteiger partial charge in [0.15, 0.2) is 0 Å². The Hall–Kier alpha value is -1.81. The third-order valence-electron chi connectivity index (χ3n) is 3.82. The predicted octanol–water partition coefficient (Wildman–Crippen LogP) is 2.86. The largest absolute Gasteiger partial charge is 0.372 e. The molecular formula is C17H26N4. The van der Waals surface area contributed by atoms with E-state index >= 15 is 0 Å². The van der Waals surface area contributed by atoms with Crippen LogP contribution in [0.2, 0.25) is 0 Å². The van der Waals surface area contributed by atoms with E-state index in [0.29, 0.717) is 0 Å². The summed E-state index contributed by atoms with van der Waals surface area (Å²) >= 11 is 0. The Labute approximate surface area is 127 Å². The van der Waals surface area contributed by atoms with Crippen LogP contribution in [0.25, 0.3) is 0 Å². The molecule has 4 heteroatoms. The molecule has 2 aromatic rings. The van der Waals surface area contributed by atoms with Crippen molar-refractivity contribution in [3.63, 3.8) is 0 Å². The van der Waals surface area contributed by atoms with Crippen molar-refractivity contribution < 1.29 is 0 Å². The van der Waals surface area contributed by atoms with E-state index < -0.39 is 0 Å².